The fraction of sp³-hybridized carbons (Fsp3) is 0.861. The lowest BCUT2D eigenvalue weighted by Gasteiger charge is -2.39. The second kappa shape index (κ2) is 28.3. The summed E-state index contributed by atoms with van der Waals surface area (Å²) < 4.78 is 22.5. The van der Waals surface area contributed by atoms with Crippen LogP contribution in [0, 0.1) is 0 Å². The number of pyridine rings is 1. The highest BCUT2D eigenvalue weighted by Crippen LogP contribution is 2.23. The molecule has 2 heterocycles. The van der Waals surface area contributed by atoms with Gasteiger partial charge in [-0.15, -0.1) is 0 Å². The standard InChI is InChI=1S/C36H66ClN3O4/c1-3-5-7-15-28-41-32-43-30-17-11-9-13-24-39(25-14-10-12-18-31-44-33-42-29-16-8-6-4-2)34-22-26-40(27-23-34)36-21-19-20-35(37)38-36/h19-21,34H,3-18,22-33H2,1-2H3. The van der Waals surface area contributed by atoms with Gasteiger partial charge >= 0.3 is 0 Å². The van der Waals surface area contributed by atoms with E-state index in [-0.39, 0.29) is 0 Å². The van der Waals surface area contributed by atoms with Crippen LogP contribution in [0.25, 0.3) is 0 Å². The summed E-state index contributed by atoms with van der Waals surface area (Å²) in [5, 5.41) is 0.576. The van der Waals surface area contributed by atoms with Gasteiger partial charge in [-0.05, 0) is 76.6 Å². The molecule has 0 aliphatic carbocycles. The van der Waals surface area contributed by atoms with Crippen LogP contribution >= 0.6 is 11.6 Å². The molecule has 1 fully saturated rings. The molecule has 1 aliphatic rings. The molecule has 0 bridgehead atoms. The zero-order chi connectivity index (χ0) is 31.3. The summed E-state index contributed by atoms with van der Waals surface area (Å²) in [4.78, 5) is 9.72. The predicted molar refractivity (Wildman–Crippen MR) is 185 cm³/mol. The normalized spacial score (nSPS) is 14.2. The second-order valence-electron chi connectivity index (χ2n) is 12.4. The SMILES string of the molecule is CCCCCCOCOCCCCCCN(CCCCCCOCOCCCCCC)C1CCN(c2cccc(Cl)n2)CC1. The molecule has 2 rings (SSSR count). The molecule has 44 heavy (non-hydrogen) atoms. The van der Waals surface area contributed by atoms with Crippen molar-refractivity contribution in [3.63, 3.8) is 0 Å². The van der Waals surface area contributed by atoms with Crippen molar-refractivity contribution in [2.45, 2.75) is 135 Å². The summed E-state index contributed by atoms with van der Waals surface area (Å²) in [7, 11) is 0. The maximum absolute atomic E-state index is 6.16. The van der Waals surface area contributed by atoms with Gasteiger partial charge in [-0.1, -0.05) is 95.7 Å². The first-order valence-corrected chi connectivity index (χ1v) is 18.5. The second-order valence-corrected chi connectivity index (χ2v) is 12.8. The third kappa shape index (κ3) is 20.2. The van der Waals surface area contributed by atoms with Gasteiger partial charge in [-0.2, -0.15) is 0 Å². The molecule has 0 unspecified atom stereocenters. The minimum absolute atomic E-state index is 0.447. The molecule has 256 valence electrons. The molecule has 0 N–H and O–H groups in total. The van der Waals surface area contributed by atoms with Crippen molar-refractivity contribution >= 4 is 17.4 Å². The molecular weight excluding hydrogens is 574 g/mol. The first-order valence-electron chi connectivity index (χ1n) is 18.2. The van der Waals surface area contributed by atoms with Crippen molar-refractivity contribution in [1.82, 2.24) is 9.88 Å². The van der Waals surface area contributed by atoms with Gasteiger partial charge in [0.1, 0.15) is 24.6 Å². The van der Waals surface area contributed by atoms with E-state index < -0.39 is 0 Å². The number of halogens is 1. The fourth-order valence-corrected chi connectivity index (χ4v) is 6.03. The van der Waals surface area contributed by atoms with E-state index in [0.717, 1.165) is 71.0 Å². The van der Waals surface area contributed by atoms with Crippen molar-refractivity contribution in [2.75, 3.05) is 71.1 Å². The van der Waals surface area contributed by atoms with Gasteiger partial charge in [0.25, 0.3) is 0 Å². The van der Waals surface area contributed by atoms with Crippen molar-refractivity contribution in [2.24, 2.45) is 0 Å². The number of hydrogen-bond donors (Lipinski definition) is 0. The molecule has 7 nitrogen and oxygen atoms in total. The Morgan fingerprint density at radius 1 is 0.659 bits per heavy atom. The Morgan fingerprint density at radius 2 is 1.11 bits per heavy atom. The van der Waals surface area contributed by atoms with Gasteiger partial charge in [-0.3, -0.25) is 0 Å². The summed E-state index contributed by atoms with van der Waals surface area (Å²) in [5.41, 5.74) is 0. The third-order valence-electron chi connectivity index (χ3n) is 8.59. The van der Waals surface area contributed by atoms with E-state index >= 15 is 0 Å². The highest BCUT2D eigenvalue weighted by atomic mass is 35.5. The Kier molecular flexibility index (Phi) is 25.2. The zero-order valence-electron chi connectivity index (χ0n) is 28.5. The zero-order valence-corrected chi connectivity index (χ0v) is 29.2. The average molecular weight is 640 g/mol. The topological polar surface area (TPSA) is 56.3 Å². The van der Waals surface area contributed by atoms with Gasteiger partial charge in [0.15, 0.2) is 0 Å². The lowest BCUT2D eigenvalue weighted by molar-refractivity contribution is -0.0557. The van der Waals surface area contributed by atoms with Gasteiger partial charge in [-0.25, -0.2) is 4.98 Å². The Labute approximate surface area is 275 Å². The van der Waals surface area contributed by atoms with Crippen LogP contribution in [0.5, 0.6) is 0 Å². The molecule has 0 radical (unpaired) electrons. The maximum atomic E-state index is 6.16. The summed E-state index contributed by atoms with van der Waals surface area (Å²) in [6.07, 6.45) is 22.1. The monoisotopic (exact) mass is 639 g/mol. The van der Waals surface area contributed by atoms with Gasteiger partial charge in [0.2, 0.25) is 0 Å². The number of ether oxygens (including phenoxy) is 4. The van der Waals surface area contributed by atoms with Crippen LogP contribution < -0.4 is 4.90 Å². The van der Waals surface area contributed by atoms with Crippen LogP contribution in [0.3, 0.4) is 0 Å². The van der Waals surface area contributed by atoms with E-state index in [4.69, 9.17) is 30.5 Å². The molecule has 1 aliphatic heterocycles. The first-order chi connectivity index (χ1) is 21.7. The molecule has 1 saturated heterocycles. The summed E-state index contributed by atoms with van der Waals surface area (Å²) in [5.74, 6) is 1.01. The van der Waals surface area contributed by atoms with Gasteiger partial charge < -0.3 is 28.7 Å². The molecule has 0 atom stereocenters. The molecule has 1 aromatic heterocycles. The number of nitrogens with zero attached hydrogens (tertiary/aromatic N) is 3. The number of rotatable bonds is 30. The van der Waals surface area contributed by atoms with Crippen LogP contribution in [0.1, 0.15) is 129 Å². The van der Waals surface area contributed by atoms with E-state index in [1.165, 1.54) is 103 Å². The number of unbranched alkanes of at least 4 members (excludes halogenated alkanes) is 12. The van der Waals surface area contributed by atoms with Crippen LogP contribution in [0.2, 0.25) is 5.15 Å². The Morgan fingerprint density at radius 3 is 1.57 bits per heavy atom. The predicted octanol–water partition coefficient (Wildman–Crippen LogP) is 9.27. The lowest BCUT2D eigenvalue weighted by atomic mass is 10.0. The van der Waals surface area contributed by atoms with Gasteiger partial charge in [0.05, 0.1) is 0 Å². The van der Waals surface area contributed by atoms with E-state index in [9.17, 15) is 0 Å². The molecular formula is C36H66ClN3O4. The largest absolute Gasteiger partial charge is 0.356 e. The number of aromatic nitrogens is 1. The fourth-order valence-electron chi connectivity index (χ4n) is 5.87. The number of piperidine rings is 1. The quantitative estimate of drug-likeness (QED) is 0.0472. The van der Waals surface area contributed by atoms with Crippen molar-refractivity contribution in [1.29, 1.82) is 0 Å². The van der Waals surface area contributed by atoms with Crippen molar-refractivity contribution in [3.05, 3.63) is 23.4 Å². The molecule has 0 saturated carbocycles. The molecule has 8 heteroatoms. The summed E-state index contributed by atoms with van der Waals surface area (Å²) in [6, 6.07) is 6.59. The molecule has 0 amide bonds. The maximum Gasteiger partial charge on any atom is 0.146 e. The Hall–Kier alpha value is -0.960. The average Bonchev–Trinajstić information content (AvgIpc) is 3.04. The van der Waals surface area contributed by atoms with Crippen LogP contribution in [0.15, 0.2) is 18.2 Å². The van der Waals surface area contributed by atoms with Crippen molar-refractivity contribution in [3.8, 4) is 0 Å². The first kappa shape index (κ1) is 39.2. The molecule has 0 spiro atoms. The van der Waals surface area contributed by atoms with Crippen LogP contribution in [-0.4, -0.2) is 82.1 Å². The molecule has 0 aromatic carbocycles. The number of hydrogen-bond acceptors (Lipinski definition) is 7. The Bertz CT molecular complexity index is 737. The minimum Gasteiger partial charge on any atom is -0.356 e. The third-order valence-corrected chi connectivity index (χ3v) is 8.80. The number of anilines is 1. The lowest BCUT2D eigenvalue weighted by Crippen LogP contribution is -2.46. The highest BCUT2D eigenvalue weighted by molar-refractivity contribution is 6.29. The van der Waals surface area contributed by atoms with E-state index in [2.05, 4.69) is 34.7 Å². The Balaban J connectivity index is 1.59. The summed E-state index contributed by atoms with van der Waals surface area (Å²) in [6.45, 7) is 13.1. The van der Waals surface area contributed by atoms with Crippen molar-refractivity contribution < 1.29 is 18.9 Å². The highest BCUT2D eigenvalue weighted by Gasteiger charge is 2.25. The summed E-state index contributed by atoms with van der Waals surface area (Å²) >= 11 is 6.16. The minimum atomic E-state index is 0.447. The molecule has 1 aromatic rings. The van der Waals surface area contributed by atoms with E-state index in [1.54, 1.807) is 0 Å². The smallest absolute Gasteiger partial charge is 0.146 e. The van der Waals surface area contributed by atoms with E-state index in [0.29, 0.717) is 24.8 Å². The van der Waals surface area contributed by atoms with Crippen LogP contribution in [-0.2, 0) is 18.9 Å². The van der Waals surface area contributed by atoms with Gasteiger partial charge in [0, 0.05) is 45.6 Å². The van der Waals surface area contributed by atoms with E-state index in [1.807, 2.05) is 12.1 Å². The van der Waals surface area contributed by atoms with Crippen LogP contribution in [0.4, 0.5) is 5.82 Å².